The Bertz CT molecular complexity index is 672. The lowest BCUT2D eigenvalue weighted by molar-refractivity contribution is 0.594. The first kappa shape index (κ1) is 15.4. The Kier molecular flexibility index (Phi) is 4.87. The van der Waals surface area contributed by atoms with Gasteiger partial charge in [-0.2, -0.15) is 5.10 Å². The van der Waals surface area contributed by atoms with E-state index in [0.717, 1.165) is 12.1 Å². The SMILES string of the molecule is CCNC(C)c1ccc(S(=O)(=O)Nc2cccnn2)cc1. The molecule has 0 spiro atoms. The van der Waals surface area contributed by atoms with Crippen molar-refractivity contribution in [2.45, 2.75) is 24.8 Å². The molecule has 6 nitrogen and oxygen atoms in total. The van der Waals surface area contributed by atoms with Gasteiger partial charge < -0.3 is 5.32 Å². The maximum Gasteiger partial charge on any atom is 0.263 e. The number of nitrogens with zero attached hydrogens (tertiary/aromatic N) is 2. The van der Waals surface area contributed by atoms with E-state index in [1.54, 1.807) is 36.4 Å². The second-order valence-electron chi connectivity index (χ2n) is 4.56. The van der Waals surface area contributed by atoms with E-state index >= 15 is 0 Å². The molecule has 21 heavy (non-hydrogen) atoms. The number of hydrogen-bond acceptors (Lipinski definition) is 5. The summed E-state index contributed by atoms with van der Waals surface area (Å²) in [4.78, 5) is 0.195. The number of anilines is 1. The maximum atomic E-state index is 12.2. The summed E-state index contributed by atoms with van der Waals surface area (Å²) in [7, 11) is -3.64. The van der Waals surface area contributed by atoms with E-state index in [4.69, 9.17) is 0 Å². The second-order valence-corrected chi connectivity index (χ2v) is 6.25. The molecular weight excluding hydrogens is 288 g/mol. The van der Waals surface area contributed by atoms with Gasteiger partial charge in [-0.25, -0.2) is 8.42 Å². The molecule has 0 saturated heterocycles. The van der Waals surface area contributed by atoms with Crippen LogP contribution in [-0.2, 0) is 10.0 Å². The van der Waals surface area contributed by atoms with Crippen molar-refractivity contribution in [2.75, 3.05) is 11.3 Å². The summed E-state index contributed by atoms with van der Waals surface area (Å²) in [6, 6.07) is 10.1. The van der Waals surface area contributed by atoms with Gasteiger partial charge in [-0.15, -0.1) is 5.10 Å². The topological polar surface area (TPSA) is 84.0 Å². The van der Waals surface area contributed by atoms with Crippen LogP contribution in [0.2, 0.25) is 0 Å². The maximum absolute atomic E-state index is 12.2. The van der Waals surface area contributed by atoms with Crippen LogP contribution >= 0.6 is 0 Å². The summed E-state index contributed by atoms with van der Waals surface area (Å²) < 4.78 is 26.8. The zero-order valence-electron chi connectivity index (χ0n) is 11.9. The minimum absolute atomic E-state index is 0.180. The van der Waals surface area contributed by atoms with Crippen LogP contribution in [-0.4, -0.2) is 25.2 Å². The van der Waals surface area contributed by atoms with Gasteiger partial charge >= 0.3 is 0 Å². The molecule has 1 atom stereocenters. The normalized spacial score (nSPS) is 12.9. The molecule has 1 aromatic carbocycles. The molecule has 0 aliphatic carbocycles. The van der Waals surface area contributed by atoms with Crippen molar-refractivity contribution in [2.24, 2.45) is 0 Å². The van der Waals surface area contributed by atoms with Crippen molar-refractivity contribution in [3.63, 3.8) is 0 Å². The molecule has 2 rings (SSSR count). The molecular formula is C14H18N4O2S. The van der Waals surface area contributed by atoms with Crippen LogP contribution in [0.3, 0.4) is 0 Å². The third kappa shape index (κ3) is 3.99. The number of nitrogens with one attached hydrogen (secondary N) is 2. The Morgan fingerprint density at radius 2 is 1.90 bits per heavy atom. The summed E-state index contributed by atoms with van der Waals surface area (Å²) in [5.74, 6) is 0.197. The highest BCUT2D eigenvalue weighted by atomic mass is 32.2. The smallest absolute Gasteiger partial charge is 0.263 e. The van der Waals surface area contributed by atoms with Crippen molar-refractivity contribution in [1.29, 1.82) is 0 Å². The highest BCUT2D eigenvalue weighted by molar-refractivity contribution is 7.92. The molecule has 0 bridgehead atoms. The molecule has 1 heterocycles. The van der Waals surface area contributed by atoms with Gasteiger partial charge in [0.15, 0.2) is 5.82 Å². The number of rotatable bonds is 6. The predicted octanol–water partition coefficient (Wildman–Crippen LogP) is 1.95. The molecule has 7 heteroatoms. The van der Waals surface area contributed by atoms with Crippen LogP contribution in [0.25, 0.3) is 0 Å². The monoisotopic (exact) mass is 306 g/mol. The fourth-order valence-electron chi connectivity index (χ4n) is 1.91. The zero-order valence-corrected chi connectivity index (χ0v) is 12.8. The molecule has 1 unspecified atom stereocenters. The Labute approximate surface area is 124 Å². The third-order valence-electron chi connectivity index (χ3n) is 3.01. The second kappa shape index (κ2) is 6.64. The molecule has 0 radical (unpaired) electrons. The Balaban J connectivity index is 2.17. The van der Waals surface area contributed by atoms with E-state index in [1.165, 1.54) is 6.20 Å². The van der Waals surface area contributed by atoms with Gasteiger partial charge in [-0.1, -0.05) is 19.1 Å². The van der Waals surface area contributed by atoms with Gasteiger partial charge in [0.25, 0.3) is 10.0 Å². The van der Waals surface area contributed by atoms with Gasteiger partial charge in [0.2, 0.25) is 0 Å². The van der Waals surface area contributed by atoms with Crippen molar-refractivity contribution in [3.05, 3.63) is 48.2 Å². The van der Waals surface area contributed by atoms with Crippen molar-refractivity contribution in [3.8, 4) is 0 Å². The summed E-state index contributed by atoms with van der Waals surface area (Å²) in [5, 5.41) is 10.6. The van der Waals surface area contributed by atoms with Crippen LogP contribution < -0.4 is 10.0 Å². The lowest BCUT2D eigenvalue weighted by atomic mass is 10.1. The van der Waals surface area contributed by atoms with Crippen molar-refractivity contribution >= 4 is 15.8 Å². The average molecular weight is 306 g/mol. The van der Waals surface area contributed by atoms with Crippen molar-refractivity contribution < 1.29 is 8.42 Å². The van der Waals surface area contributed by atoms with E-state index < -0.39 is 10.0 Å². The van der Waals surface area contributed by atoms with Gasteiger partial charge in [0.05, 0.1) is 4.90 Å². The van der Waals surface area contributed by atoms with Crippen LogP contribution in [0.4, 0.5) is 5.82 Å². The molecule has 112 valence electrons. The van der Waals surface area contributed by atoms with Crippen LogP contribution in [0.1, 0.15) is 25.5 Å². The first-order valence-electron chi connectivity index (χ1n) is 6.67. The van der Waals surface area contributed by atoms with E-state index in [0.29, 0.717) is 0 Å². The lowest BCUT2D eigenvalue weighted by Gasteiger charge is -2.13. The van der Waals surface area contributed by atoms with E-state index in [-0.39, 0.29) is 16.8 Å². The first-order valence-corrected chi connectivity index (χ1v) is 8.15. The molecule has 2 aromatic rings. The molecule has 0 aliphatic heterocycles. The largest absolute Gasteiger partial charge is 0.310 e. The molecule has 0 saturated carbocycles. The van der Waals surface area contributed by atoms with E-state index in [1.807, 2.05) is 13.8 Å². The fourth-order valence-corrected chi connectivity index (χ4v) is 2.91. The van der Waals surface area contributed by atoms with Gasteiger partial charge in [0, 0.05) is 12.2 Å². The minimum atomic E-state index is -3.64. The Hall–Kier alpha value is -1.99. The number of aromatic nitrogens is 2. The standard InChI is InChI=1S/C14H18N4O2S/c1-3-15-11(2)12-6-8-13(9-7-12)21(19,20)18-14-5-4-10-16-17-14/h4-11,15H,3H2,1-2H3,(H,17,18). The molecule has 0 aliphatic rings. The van der Waals surface area contributed by atoms with Gasteiger partial charge in [-0.05, 0) is 43.3 Å². The number of benzene rings is 1. The number of hydrogen-bond donors (Lipinski definition) is 2. The first-order chi connectivity index (χ1) is 10.0. The number of sulfonamides is 1. The summed E-state index contributed by atoms with van der Waals surface area (Å²) in [6.45, 7) is 4.92. The molecule has 2 N–H and O–H groups in total. The van der Waals surface area contributed by atoms with Crippen LogP contribution in [0.5, 0.6) is 0 Å². The minimum Gasteiger partial charge on any atom is -0.310 e. The highest BCUT2D eigenvalue weighted by Gasteiger charge is 2.15. The van der Waals surface area contributed by atoms with E-state index in [2.05, 4.69) is 20.2 Å². The van der Waals surface area contributed by atoms with Gasteiger partial charge in [-0.3, -0.25) is 4.72 Å². The quantitative estimate of drug-likeness (QED) is 0.852. The summed E-state index contributed by atoms with van der Waals surface area (Å²) >= 11 is 0. The molecule has 1 aromatic heterocycles. The van der Waals surface area contributed by atoms with Crippen LogP contribution in [0.15, 0.2) is 47.5 Å². The third-order valence-corrected chi connectivity index (χ3v) is 4.38. The summed E-state index contributed by atoms with van der Waals surface area (Å²) in [6.07, 6.45) is 1.48. The van der Waals surface area contributed by atoms with Gasteiger partial charge in [0.1, 0.15) is 0 Å². The van der Waals surface area contributed by atoms with E-state index in [9.17, 15) is 8.42 Å². The zero-order chi connectivity index (χ0) is 15.3. The molecule has 0 amide bonds. The highest BCUT2D eigenvalue weighted by Crippen LogP contribution is 2.18. The fraction of sp³-hybridized carbons (Fsp3) is 0.286. The Morgan fingerprint density at radius 3 is 2.48 bits per heavy atom. The average Bonchev–Trinajstić information content (AvgIpc) is 2.48. The Morgan fingerprint density at radius 1 is 1.19 bits per heavy atom. The van der Waals surface area contributed by atoms with Crippen LogP contribution in [0, 0.1) is 0 Å². The predicted molar refractivity (Wildman–Crippen MR) is 81.4 cm³/mol. The molecule has 0 fully saturated rings. The lowest BCUT2D eigenvalue weighted by Crippen LogP contribution is -2.18. The summed E-state index contributed by atoms with van der Waals surface area (Å²) in [5.41, 5.74) is 1.04. The van der Waals surface area contributed by atoms with Crippen molar-refractivity contribution in [1.82, 2.24) is 15.5 Å².